The summed E-state index contributed by atoms with van der Waals surface area (Å²) in [5.41, 5.74) is 2.68. The van der Waals surface area contributed by atoms with E-state index in [1.807, 2.05) is 46.8 Å². The maximum absolute atomic E-state index is 14.2. The zero-order chi connectivity index (χ0) is 30.3. The number of nitrogens with one attached hydrogen (secondary N) is 1. The van der Waals surface area contributed by atoms with Crippen molar-refractivity contribution in [1.82, 2.24) is 10.2 Å². The molecule has 3 aromatic carbocycles. The Morgan fingerprint density at radius 1 is 0.927 bits per heavy atom. The lowest BCUT2D eigenvalue weighted by molar-refractivity contribution is -0.140. The third kappa shape index (κ3) is 8.03. The lowest BCUT2D eigenvalue weighted by Gasteiger charge is -2.34. The van der Waals surface area contributed by atoms with Crippen LogP contribution in [-0.4, -0.2) is 43.8 Å². The molecule has 7 nitrogen and oxygen atoms in total. The first-order valence-corrected chi connectivity index (χ1v) is 15.8. The lowest BCUT2D eigenvalue weighted by Crippen LogP contribution is -2.53. The second-order valence-electron chi connectivity index (χ2n) is 10.2. The molecule has 0 saturated carbocycles. The Morgan fingerprint density at radius 2 is 1.59 bits per heavy atom. The van der Waals surface area contributed by atoms with Crippen molar-refractivity contribution in [2.75, 3.05) is 10.8 Å². The number of rotatable bonds is 12. The quantitative estimate of drug-likeness (QED) is 0.255. The molecule has 1 N–H and O–H groups in total. The smallest absolute Gasteiger partial charge is 0.264 e. The van der Waals surface area contributed by atoms with Gasteiger partial charge >= 0.3 is 0 Å². The number of amides is 2. The van der Waals surface area contributed by atoms with Crippen molar-refractivity contribution in [3.8, 4) is 0 Å². The van der Waals surface area contributed by atoms with Gasteiger partial charge in [-0.3, -0.25) is 13.9 Å². The Labute approximate surface area is 253 Å². The van der Waals surface area contributed by atoms with Gasteiger partial charge in [0.25, 0.3) is 10.0 Å². The molecule has 0 radical (unpaired) electrons. The Bertz CT molecular complexity index is 1480. The van der Waals surface area contributed by atoms with Gasteiger partial charge in [0.1, 0.15) is 12.6 Å². The summed E-state index contributed by atoms with van der Waals surface area (Å²) in [7, 11) is -4.15. The zero-order valence-corrected chi connectivity index (χ0v) is 26.4. The first kappa shape index (κ1) is 32.4. The highest BCUT2D eigenvalue weighted by Crippen LogP contribution is 2.29. The number of nitrogens with zero attached hydrogens (tertiary/aromatic N) is 2. The van der Waals surface area contributed by atoms with Crippen LogP contribution in [0.5, 0.6) is 0 Å². The molecule has 3 rings (SSSR count). The maximum Gasteiger partial charge on any atom is 0.264 e. The molecule has 0 spiro atoms. The van der Waals surface area contributed by atoms with Gasteiger partial charge in [-0.05, 0) is 75.1 Å². The zero-order valence-electron chi connectivity index (χ0n) is 24.0. The summed E-state index contributed by atoms with van der Waals surface area (Å²) < 4.78 is 29.3. The van der Waals surface area contributed by atoms with Crippen molar-refractivity contribution >= 4 is 50.7 Å². The van der Waals surface area contributed by atoms with Crippen LogP contribution in [0.1, 0.15) is 50.8 Å². The van der Waals surface area contributed by atoms with Gasteiger partial charge < -0.3 is 10.2 Å². The molecule has 0 aliphatic rings. The van der Waals surface area contributed by atoms with Gasteiger partial charge in [-0.15, -0.1) is 0 Å². The molecule has 0 heterocycles. The number of para-hydroxylation sites is 1. The van der Waals surface area contributed by atoms with E-state index in [0.29, 0.717) is 34.1 Å². The number of hydrogen-bond acceptors (Lipinski definition) is 4. The van der Waals surface area contributed by atoms with E-state index in [1.165, 1.54) is 17.0 Å². The van der Waals surface area contributed by atoms with Crippen LogP contribution in [0.2, 0.25) is 10.0 Å². The molecule has 0 aliphatic heterocycles. The van der Waals surface area contributed by atoms with E-state index >= 15 is 0 Å². The van der Waals surface area contributed by atoms with Crippen molar-refractivity contribution in [2.45, 2.75) is 71.0 Å². The fourth-order valence-electron chi connectivity index (χ4n) is 4.54. The normalized spacial score (nSPS) is 12.2. The van der Waals surface area contributed by atoms with E-state index in [9.17, 15) is 18.0 Å². The SMILES string of the molecule is CCc1ccccc1N(CC(=O)N(Cc1ccc(Cl)cc1Cl)[C@H](CC)C(=O)NC(C)C)S(=O)(=O)c1ccc(C)cc1. The van der Waals surface area contributed by atoms with Crippen LogP contribution in [0.15, 0.2) is 71.6 Å². The molecule has 0 bridgehead atoms. The number of carbonyl (C=O) groups is 2. The fraction of sp³-hybridized carbons (Fsp3) is 0.355. The predicted molar refractivity (Wildman–Crippen MR) is 166 cm³/mol. The van der Waals surface area contributed by atoms with E-state index in [2.05, 4.69) is 5.32 Å². The third-order valence-corrected chi connectivity index (χ3v) is 9.06. The van der Waals surface area contributed by atoms with Crippen LogP contribution >= 0.6 is 23.2 Å². The first-order chi connectivity index (χ1) is 19.4. The summed E-state index contributed by atoms with van der Waals surface area (Å²) >= 11 is 12.6. The van der Waals surface area contributed by atoms with Crippen molar-refractivity contribution < 1.29 is 18.0 Å². The molecule has 2 amide bonds. The summed E-state index contributed by atoms with van der Waals surface area (Å²) in [6.07, 6.45) is 0.870. The molecule has 0 aliphatic carbocycles. The Balaban J connectivity index is 2.12. The van der Waals surface area contributed by atoms with E-state index in [0.717, 1.165) is 15.4 Å². The number of aryl methyl sites for hydroxylation is 2. The van der Waals surface area contributed by atoms with Gasteiger partial charge in [0.05, 0.1) is 10.6 Å². The summed E-state index contributed by atoms with van der Waals surface area (Å²) in [5, 5.41) is 3.66. The molecule has 10 heteroatoms. The average Bonchev–Trinajstić information content (AvgIpc) is 2.92. The van der Waals surface area contributed by atoms with Crippen LogP contribution in [0, 0.1) is 6.92 Å². The van der Waals surface area contributed by atoms with Crippen molar-refractivity contribution in [3.05, 3.63) is 93.5 Å². The summed E-state index contributed by atoms with van der Waals surface area (Å²) in [6.45, 7) is 8.76. The monoisotopic (exact) mass is 617 g/mol. The molecular formula is C31H37Cl2N3O4S. The summed E-state index contributed by atoms with van der Waals surface area (Å²) in [6, 6.07) is 17.5. The van der Waals surface area contributed by atoms with E-state index < -0.39 is 28.5 Å². The lowest BCUT2D eigenvalue weighted by atomic mass is 10.1. The minimum absolute atomic E-state index is 0.00724. The molecule has 3 aromatic rings. The summed E-state index contributed by atoms with van der Waals surface area (Å²) in [5.74, 6) is -0.869. The predicted octanol–water partition coefficient (Wildman–Crippen LogP) is 6.39. The van der Waals surface area contributed by atoms with Gasteiger partial charge in [0.2, 0.25) is 11.8 Å². The Hall–Kier alpha value is -3.07. The van der Waals surface area contributed by atoms with Gasteiger partial charge in [-0.1, -0.05) is 79.0 Å². The van der Waals surface area contributed by atoms with Crippen LogP contribution in [0.25, 0.3) is 0 Å². The number of anilines is 1. The average molecular weight is 619 g/mol. The number of sulfonamides is 1. The number of hydrogen-bond donors (Lipinski definition) is 1. The first-order valence-electron chi connectivity index (χ1n) is 13.6. The van der Waals surface area contributed by atoms with Gasteiger partial charge in [0.15, 0.2) is 0 Å². The molecule has 0 fully saturated rings. The maximum atomic E-state index is 14.2. The molecule has 220 valence electrons. The standard InChI is InChI=1S/C31H37Cl2N3O4S/c1-6-23-10-8-9-11-29(23)36(41(39,40)26-16-12-22(5)13-17-26)20-30(37)35(28(7-2)31(38)34-21(3)4)19-24-14-15-25(32)18-27(24)33/h8-18,21,28H,6-7,19-20H2,1-5H3,(H,34,38)/t28-/m1/s1. The van der Waals surface area contributed by atoms with Crippen LogP contribution in [-0.2, 0) is 32.6 Å². The van der Waals surface area contributed by atoms with Crippen molar-refractivity contribution in [2.24, 2.45) is 0 Å². The van der Waals surface area contributed by atoms with Crippen molar-refractivity contribution in [1.29, 1.82) is 0 Å². The van der Waals surface area contributed by atoms with Crippen LogP contribution in [0.4, 0.5) is 5.69 Å². The largest absolute Gasteiger partial charge is 0.352 e. The van der Waals surface area contributed by atoms with Gasteiger partial charge in [0, 0.05) is 22.6 Å². The molecule has 0 unspecified atom stereocenters. The highest BCUT2D eigenvalue weighted by atomic mass is 35.5. The fourth-order valence-corrected chi connectivity index (χ4v) is 6.46. The second-order valence-corrected chi connectivity index (χ2v) is 12.9. The Kier molecular flexibility index (Phi) is 11.2. The van der Waals surface area contributed by atoms with Crippen LogP contribution in [0.3, 0.4) is 0 Å². The van der Waals surface area contributed by atoms with Crippen molar-refractivity contribution in [3.63, 3.8) is 0 Å². The van der Waals surface area contributed by atoms with Gasteiger partial charge in [-0.25, -0.2) is 8.42 Å². The van der Waals surface area contributed by atoms with E-state index in [1.54, 1.807) is 42.5 Å². The Morgan fingerprint density at radius 3 is 2.17 bits per heavy atom. The third-order valence-electron chi connectivity index (χ3n) is 6.70. The molecule has 0 aromatic heterocycles. The van der Waals surface area contributed by atoms with Gasteiger partial charge in [-0.2, -0.15) is 0 Å². The summed E-state index contributed by atoms with van der Waals surface area (Å²) in [4.78, 5) is 28.9. The minimum Gasteiger partial charge on any atom is -0.352 e. The van der Waals surface area contributed by atoms with Crippen LogP contribution < -0.4 is 9.62 Å². The minimum atomic E-state index is -4.15. The molecule has 41 heavy (non-hydrogen) atoms. The second kappa shape index (κ2) is 14.2. The highest BCUT2D eigenvalue weighted by molar-refractivity contribution is 7.92. The van der Waals surface area contributed by atoms with E-state index in [4.69, 9.17) is 23.2 Å². The molecular weight excluding hydrogens is 581 g/mol. The highest BCUT2D eigenvalue weighted by Gasteiger charge is 2.34. The topological polar surface area (TPSA) is 86.8 Å². The molecule has 0 saturated heterocycles. The number of halogens is 2. The molecule has 1 atom stereocenters. The van der Waals surface area contributed by atoms with E-state index in [-0.39, 0.29) is 23.4 Å². The number of benzene rings is 3. The number of carbonyl (C=O) groups excluding carboxylic acids is 2.